The van der Waals surface area contributed by atoms with Gasteiger partial charge in [0.1, 0.15) is 11.9 Å². The van der Waals surface area contributed by atoms with Gasteiger partial charge in [-0.3, -0.25) is 19.3 Å². The maximum atomic E-state index is 13.7. The van der Waals surface area contributed by atoms with Crippen molar-refractivity contribution in [3.8, 4) is 0 Å². The van der Waals surface area contributed by atoms with Crippen molar-refractivity contribution >= 4 is 29.4 Å². The van der Waals surface area contributed by atoms with E-state index in [9.17, 15) is 18.8 Å². The number of hydrogen-bond donors (Lipinski definition) is 0. The molecule has 0 radical (unpaired) electrons. The Morgan fingerprint density at radius 1 is 0.935 bits per heavy atom. The van der Waals surface area contributed by atoms with E-state index in [1.165, 1.54) is 29.2 Å². The molecule has 2 saturated heterocycles. The Hall–Kier alpha value is -3.28. The normalized spacial score (nSPS) is 26.7. The van der Waals surface area contributed by atoms with Crippen LogP contribution in [0.25, 0.3) is 6.08 Å². The lowest BCUT2D eigenvalue weighted by atomic mass is 9.86. The van der Waals surface area contributed by atoms with Crippen LogP contribution >= 0.6 is 0 Å². The van der Waals surface area contributed by atoms with Crippen LogP contribution in [-0.4, -0.2) is 40.1 Å². The quantitative estimate of drug-likeness (QED) is 0.551. The molecule has 5 nitrogen and oxygen atoms in total. The van der Waals surface area contributed by atoms with Crippen LogP contribution in [-0.2, 0) is 9.59 Å². The molecular weight excluding hydrogens is 395 g/mol. The fourth-order valence-electron chi connectivity index (χ4n) is 5.26. The number of fused-ring (bicyclic) bond motifs is 5. The molecule has 0 N–H and O–H groups in total. The molecule has 3 aliphatic heterocycles. The number of likely N-dealkylation sites (tertiary alicyclic amines) is 1. The number of anilines is 1. The minimum absolute atomic E-state index is 0.240. The van der Waals surface area contributed by atoms with Crippen LogP contribution in [0, 0.1) is 17.7 Å². The van der Waals surface area contributed by atoms with E-state index < -0.39 is 35.3 Å². The highest BCUT2D eigenvalue weighted by Crippen LogP contribution is 2.50. The Labute approximate surface area is 180 Å². The highest BCUT2D eigenvalue weighted by Gasteiger charge is 2.65. The average molecular weight is 418 g/mol. The first-order chi connectivity index (χ1) is 14.7. The third-order valence-electron chi connectivity index (χ3n) is 6.48. The van der Waals surface area contributed by atoms with Gasteiger partial charge >= 0.3 is 0 Å². The lowest BCUT2D eigenvalue weighted by Crippen LogP contribution is -2.52. The second kappa shape index (κ2) is 6.61. The van der Waals surface area contributed by atoms with Crippen molar-refractivity contribution in [3.63, 3.8) is 0 Å². The van der Waals surface area contributed by atoms with Crippen molar-refractivity contribution in [3.05, 3.63) is 71.6 Å². The lowest BCUT2D eigenvalue weighted by Gasteiger charge is -2.38. The summed E-state index contributed by atoms with van der Waals surface area (Å²) < 4.78 is 13.5. The highest BCUT2D eigenvalue weighted by molar-refractivity contribution is 6.14. The van der Waals surface area contributed by atoms with Gasteiger partial charge in [0.2, 0.25) is 11.8 Å². The van der Waals surface area contributed by atoms with Gasteiger partial charge in [0.05, 0.1) is 17.9 Å². The Kier molecular flexibility index (Phi) is 4.19. The summed E-state index contributed by atoms with van der Waals surface area (Å²) in [5, 5.41) is 0. The molecule has 2 aromatic carbocycles. The van der Waals surface area contributed by atoms with Crippen LogP contribution in [0.2, 0.25) is 0 Å². The monoisotopic (exact) mass is 418 g/mol. The fraction of sp³-hybridized carbons (Fsp3) is 0.320. The number of rotatable bonds is 2. The number of Topliss-reactive ketones (excluding diaryl/α,β-unsaturated/α-hetero) is 1. The predicted molar refractivity (Wildman–Crippen MR) is 115 cm³/mol. The maximum Gasteiger partial charge on any atom is 0.236 e. The number of carbonyl (C=O) groups excluding carboxylic acids is 3. The molecule has 5 rings (SSSR count). The molecule has 158 valence electrons. The summed E-state index contributed by atoms with van der Waals surface area (Å²) in [6.07, 6.45) is 3.88. The van der Waals surface area contributed by atoms with Crippen molar-refractivity contribution in [2.24, 2.45) is 11.8 Å². The topological polar surface area (TPSA) is 57.7 Å². The van der Waals surface area contributed by atoms with E-state index >= 15 is 0 Å². The molecule has 0 spiro atoms. The van der Waals surface area contributed by atoms with E-state index in [1.807, 2.05) is 62.1 Å². The number of ketones is 1. The minimum atomic E-state index is -0.838. The first-order valence-corrected chi connectivity index (χ1v) is 10.4. The summed E-state index contributed by atoms with van der Waals surface area (Å²) in [4.78, 5) is 43.9. The molecule has 2 amide bonds. The largest absolute Gasteiger partial charge is 0.352 e. The number of halogens is 1. The molecule has 2 fully saturated rings. The number of nitrogens with zero attached hydrogens (tertiary/aromatic N) is 2. The third-order valence-corrected chi connectivity index (χ3v) is 6.48. The zero-order chi connectivity index (χ0) is 22.1. The number of para-hydroxylation sites is 1. The smallest absolute Gasteiger partial charge is 0.236 e. The van der Waals surface area contributed by atoms with Crippen molar-refractivity contribution in [1.82, 2.24) is 4.90 Å². The van der Waals surface area contributed by atoms with Crippen molar-refractivity contribution in [2.75, 3.05) is 4.90 Å². The van der Waals surface area contributed by atoms with Crippen LogP contribution < -0.4 is 4.90 Å². The first-order valence-electron chi connectivity index (χ1n) is 10.4. The number of imide groups is 1. The average Bonchev–Trinajstić information content (AvgIpc) is 3.21. The molecule has 31 heavy (non-hydrogen) atoms. The van der Waals surface area contributed by atoms with Crippen LogP contribution in [0.5, 0.6) is 0 Å². The number of amides is 2. The molecule has 6 heteroatoms. The van der Waals surface area contributed by atoms with E-state index in [0.29, 0.717) is 5.56 Å². The molecule has 0 aromatic heterocycles. The van der Waals surface area contributed by atoms with Gasteiger partial charge in [-0.1, -0.05) is 30.4 Å². The Bertz CT molecular complexity index is 1130. The highest BCUT2D eigenvalue weighted by atomic mass is 19.1. The number of hydrogen-bond acceptors (Lipinski definition) is 4. The molecule has 0 bridgehead atoms. The number of carbonyl (C=O) groups is 3. The zero-order valence-corrected chi connectivity index (χ0v) is 17.6. The third kappa shape index (κ3) is 2.77. The van der Waals surface area contributed by atoms with Gasteiger partial charge in [0, 0.05) is 16.8 Å². The second-order valence-electron chi connectivity index (χ2n) is 9.37. The van der Waals surface area contributed by atoms with Crippen LogP contribution in [0.1, 0.15) is 36.7 Å². The van der Waals surface area contributed by atoms with Gasteiger partial charge in [-0.25, -0.2) is 4.39 Å². The van der Waals surface area contributed by atoms with Gasteiger partial charge in [-0.15, -0.1) is 0 Å². The summed E-state index contributed by atoms with van der Waals surface area (Å²) in [6, 6.07) is 11.8. The van der Waals surface area contributed by atoms with Crippen molar-refractivity contribution in [2.45, 2.75) is 38.4 Å². The first kappa shape index (κ1) is 19.7. The Morgan fingerprint density at radius 3 is 2.26 bits per heavy atom. The SMILES string of the molecule is CC(C)(C)N1C(=O)C2C(C1=O)C(C(=O)c1ccc(F)cc1)N1c3ccccc3C=CC21. The minimum Gasteiger partial charge on any atom is -0.352 e. The van der Waals surface area contributed by atoms with E-state index in [0.717, 1.165) is 11.3 Å². The van der Waals surface area contributed by atoms with Crippen molar-refractivity contribution in [1.29, 1.82) is 0 Å². The molecule has 0 saturated carbocycles. The summed E-state index contributed by atoms with van der Waals surface area (Å²) in [5.74, 6) is -2.69. The number of benzene rings is 2. The predicted octanol–water partition coefficient (Wildman–Crippen LogP) is 3.69. The van der Waals surface area contributed by atoms with Gasteiger partial charge < -0.3 is 4.90 Å². The van der Waals surface area contributed by atoms with Crippen LogP contribution in [0.3, 0.4) is 0 Å². The maximum absolute atomic E-state index is 13.7. The summed E-state index contributed by atoms with van der Waals surface area (Å²) >= 11 is 0. The summed E-state index contributed by atoms with van der Waals surface area (Å²) in [6.45, 7) is 5.47. The molecule has 4 atom stereocenters. The molecular formula is C25H23FN2O3. The molecule has 3 aliphatic rings. The van der Waals surface area contributed by atoms with Gasteiger partial charge in [0.15, 0.2) is 5.78 Å². The van der Waals surface area contributed by atoms with Crippen LogP contribution in [0.15, 0.2) is 54.6 Å². The summed E-state index contributed by atoms with van der Waals surface area (Å²) in [7, 11) is 0. The van der Waals surface area contributed by atoms with Crippen molar-refractivity contribution < 1.29 is 18.8 Å². The molecule has 2 aromatic rings. The van der Waals surface area contributed by atoms with E-state index in [2.05, 4.69) is 0 Å². The van der Waals surface area contributed by atoms with Crippen LogP contribution in [0.4, 0.5) is 10.1 Å². The molecule has 4 unspecified atom stereocenters. The Balaban J connectivity index is 1.67. The van der Waals surface area contributed by atoms with E-state index in [4.69, 9.17) is 0 Å². The zero-order valence-electron chi connectivity index (χ0n) is 17.6. The molecule has 3 heterocycles. The second-order valence-corrected chi connectivity index (χ2v) is 9.37. The van der Waals surface area contributed by atoms with E-state index in [-0.39, 0.29) is 17.6 Å². The fourth-order valence-corrected chi connectivity index (χ4v) is 5.26. The summed E-state index contributed by atoms with van der Waals surface area (Å²) in [5.41, 5.74) is 1.41. The lowest BCUT2D eigenvalue weighted by molar-refractivity contribution is -0.145. The van der Waals surface area contributed by atoms with Gasteiger partial charge in [0.25, 0.3) is 0 Å². The van der Waals surface area contributed by atoms with E-state index in [1.54, 1.807) is 0 Å². The standard InChI is InChI=1S/C25H23FN2O3/c1-25(2,3)28-23(30)19-18-13-10-14-6-4-5-7-17(14)27(18)21(20(19)24(28)31)22(29)15-8-11-16(26)12-9-15/h4-13,18-21H,1-3H3. The van der Waals surface area contributed by atoms with Gasteiger partial charge in [-0.05, 0) is 56.7 Å². The molecule has 0 aliphatic carbocycles. The van der Waals surface area contributed by atoms with Gasteiger partial charge in [-0.2, -0.15) is 0 Å². The Morgan fingerprint density at radius 2 is 1.58 bits per heavy atom.